The summed E-state index contributed by atoms with van der Waals surface area (Å²) in [4.78, 5) is 7.46. The Morgan fingerprint density at radius 3 is 2.82 bits per heavy atom. The molecule has 3 aliphatic heterocycles. The number of nitrogens with one attached hydrogen (secondary N) is 2. The first-order valence-corrected chi connectivity index (χ1v) is 9.24. The van der Waals surface area contributed by atoms with E-state index in [1.807, 2.05) is 0 Å². The summed E-state index contributed by atoms with van der Waals surface area (Å²) in [6, 6.07) is 1.07. The van der Waals surface area contributed by atoms with Crippen molar-refractivity contribution in [2.75, 3.05) is 26.2 Å². The third-order valence-corrected chi connectivity index (χ3v) is 5.39. The lowest BCUT2D eigenvalue weighted by Crippen LogP contribution is -2.48. The van der Waals surface area contributed by atoms with Crippen LogP contribution in [0.25, 0.3) is 0 Å². The Kier molecular flexibility index (Phi) is 5.58. The average molecular weight is 308 g/mol. The second kappa shape index (κ2) is 7.64. The van der Waals surface area contributed by atoms with E-state index in [4.69, 9.17) is 9.73 Å². The van der Waals surface area contributed by atoms with Gasteiger partial charge in [0.25, 0.3) is 0 Å². The minimum Gasteiger partial charge on any atom is -0.373 e. The van der Waals surface area contributed by atoms with Gasteiger partial charge in [0.1, 0.15) is 0 Å². The number of hydrogen-bond acceptors (Lipinski definition) is 3. The lowest BCUT2D eigenvalue weighted by molar-refractivity contribution is 0.0992. The van der Waals surface area contributed by atoms with Crippen molar-refractivity contribution in [1.82, 2.24) is 15.5 Å². The van der Waals surface area contributed by atoms with Gasteiger partial charge in [-0.05, 0) is 52.1 Å². The fourth-order valence-corrected chi connectivity index (χ4v) is 4.17. The van der Waals surface area contributed by atoms with Crippen molar-refractivity contribution >= 4 is 5.96 Å². The molecule has 22 heavy (non-hydrogen) atoms. The molecule has 0 aromatic heterocycles. The van der Waals surface area contributed by atoms with Crippen LogP contribution in [0.2, 0.25) is 0 Å². The Balaban J connectivity index is 1.55. The van der Waals surface area contributed by atoms with Crippen molar-refractivity contribution in [3.63, 3.8) is 0 Å². The van der Waals surface area contributed by atoms with Crippen molar-refractivity contribution in [2.24, 2.45) is 4.99 Å². The van der Waals surface area contributed by atoms with Crippen molar-refractivity contribution < 1.29 is 4.74 Å². The smallest absolute Gasteiger partial charge is 0.191 e. The van der Waals surface area contributed by atoms with Gasteiger partial charge in [0.15, 0.2) is 5.96 Å². The monoisotopic (exact) mass is 308 g/mol. The third-order valence-electron chi connectivity index (χ3n) is 5.39. The van der Waals surface area contributed by atoms with E-state index in [9.17, 15) is 0 Å². The normalized spacial score (nSPS) is 35.8. The highest BCUT2D eigenvalue weighted by molar-refractivity contribution is 5.80. The van der Waals surface area contributed by atoms with Gasteiger partial charge in [0.2, 0.25) is 0 Å². The van der Waals surface area contributed by atoms with Gasteiger partial charge in [0.05, 0.1) is 24.8 Å². The van der Waals surface area contributed by atoms with E-state index < -0.39 is 0 Å². The molecule has 0 saturated carbocycles. The molecule has 0 radical (unpaired) electrons. The fraction of sp³-hybridized carbons (Fsp3) is 0.941. The number of ether oxygens (including phenoxy) is 1. The van der Waals surface area contributed by atoms with Crippen molar-refractivity contribution in [3.05, 3.63) is 0 Å². The summed E-state index contributed by atoms with van der Waals surface area (Å²) in [5.74, 6) is 0.977. The van der Waals surface area contributed by atoms with Crippen LogP contribution in [0, 0.1) is 0 Å². The Hall–Kier alpha value is -0.810. The minimum absolute atomic E-state index is 0.399. The quantitative estimate of drug-likeness (QED) is 0.600. The van der Waals surface area contributed by atoms with E-state index in [-0.39, 0.29) is 0 Å². The predicted octanol–water partition coefficient (Wildman–Crippen LogP) is 1.74. The lowest BCUT2D eigenvalue weighted by Gasteiger charge is -2.34. The molecule has 3 rings (SSSR count). The van der Waals surface area contributed by atoms with Crippen LogP contribution in [0.5, 0.6) is 0 Å². The van der Waals surface area contributed by atoms with Gasteiger partial charge in [-0.3, -0.25) is 9.89 Å². The number of likely N-dealkylation sites (N-methyl/N-ethyl adjacent to an activating group) is 1. The highest BCUT2D eigenvalue weighted by Gasteiger charge is 2.41. The summed E-state index contributed by atoms with van der Waals surface area (Å²) >= 11 is 0. The molecule has 5 nitrogen and oxygen atoms in total. The molecule has 5 heteroatoms. The average Bonchev–Trinajstić information content (AvgIpc) is 3.16. The Morgan fingerprint density at radius 2 is 2.14 bits per heavy atom. The molecular formula is C17H32N4O. The van der Waals surface area contributed by atoms with Gasteiger partial charge in [-0.1, -0.05) is 13.3 Å². The zero-order chi connectivity index (χ0) is 15.4. The predicted molar refractivity (Wildman–Crippen MR) is 90.3 cm³/mol. The van der Waals surface area contributed by atoms with Crippen LogP contribution in [0.3, 0.4) is 0 Å². The molecule has 0 aliphatic carbocycles. The largest absolute Gasteiger partial charge is 0.373 e. The maximum Gasteiger partial charge on any atom is 0.191 e. The van der Waals surface area contributed by atoms with Gasteiger partial charge in [-0.25, -0.2) is 0 Å². The van der Waals surface area contributed by atoms with E-state index in [0.29, 0.717) is 24.3 Å². The standard InChI is InChI=1S/C17H32N4O/c1-3-18-17(20-15-11-14-8-9-16(15)22-14)19-12-13-7-5-6-10-21(13)4-2/h13-16H,3-12H2,1-2H3,(H2,18,19,20). The van der Waals surface area contributed by atoms with Crippen molar-refractivity contribution in [2.45, 2.75) is 76.7 Å². The Bertz CT molecular complexity index is 387. The third kappa shape index (κ3) is 3.74. The van der Waals surface area contributed by atoms with E-state index in [2.05, 4.69) is 29.4 Å². The zero-order valence-corrected chi connectivity index (χ0v) is 14.2. The summed E-state index contributed by atoms with van der Waals surface area (Å²) in [7, 11) is 0. The molecule has 0 aromatic carbocycles. The lowest BCUT2D eigenvalue weighted by atomic mass is 9.96. The molecule has 3 heterocycles. The molecule has 0 aromatic rings. The molecule has 2 N–H and O–H groups in total. The molecule has 3 fully saturated rings. The Morgan fingerprint density at radius 1 is 1.23 bits per heavy atom. The van der Waals surface area contributed by atoms with Gasteiger partial charge < -0.3 is 15.4 Å². The van der Waals surface area contributed by atoms with Crippen LogP contribution in [-0.4, -0.2) is 61.3 Å². The first kappa shape index (κ1) is 16.1. The minimum atomic E-state index is 0.399. The van der Waals surface area contributed by atoms with E-state index in [1.165, 1.54) is 38.6 Å². The number of piperidine rings is 1. The van der Waals surface area contributed by atoms with Gasteiger partial charge >= 0.3 is 0 Å². The number of nitrogens with zero attached hydrogens (tertiary/aromatic N) is 2. The van der Waals surface area contributed by atoms with Gasteiger partial charge in [0, 0.05) is 12.6 Å². The maximum absolute atomic E-state index is 5.94. The van der Waals surface area contributed by atoms with Crippen LogP contribution in [0.15, 0.2) is 4.99 Å². The van der Waals surface area contributed by atoms with E-state index in [1.54, 1.807) is 0 Å². The van der Waals surface area contributed by atoms with Crippen LogP contribution in [0.1, 0.15) is 52.4 Å². The summed E-state index contributed by atoms with van der Waals surface area (Å²) in [6.07, 6.45) is 8.44. The summed E-state index contributed by atoms with van der Waals surface area (Å²) in [5, 5.41) is 7.02. The second-order valence-corrected chi connectivity index (χ2v) is 6.86. The zero-order valence-electron chi connectivity index (χ0n) is 14.2. The van der Waals surface area contributed by atoms with Crippen LogP contribution in [-0.2, 0) is 4.74 Å². The molecule has 0 spiro atoms. The molecule has 4 unspecified atom stereocenters. The summed E-state index contributed by atoms with van der Waals surface area (Å²) in [5.41, 5.74) is 0. The molecule has 4 atom stereocenters. The topological polar surface area (TPSA) is 48.9 Å². The number of aliphatic imine (C=N–C) groups is 1. The molecular weight excluding hydrogens is 276 g/mol. The number of fused-ring (bicyclic) bond motifs is 2. The van der Waals surface area contributed by atoms with E-state index >= 15 is 0 Å². The molecule has 0 amide bonds. The summed E-state index contributed by atoms with van der Waals surface area (Å²) < 4.78 is 5.94. The number of likely N-dealkylation sites (tertiary alicyclic amines) is 1. The summed E-state index contributed by atoms with van der Waals surface area (Å²) in [6.45, 7) is 8.59. The second-order valence-electron chi connectivity index (χ2n) is 6.86. The molecule has 2 bridgehead atoms. The molecule has 3 saturated heterocycles. The van der Waals surface area contributed by atoms with Crippen LogP contribution >= 0.6 is 0 Å². The fourth-order valence-electron chi connectivity index (χ4n) is 4.17. The highest BCUT2D eigenvalue weighted by atomic mass is 16.5. The number of rotatable bonds is 5. The number of guanidine groups is 1. The van der Waals surface area contributed by atoms with Crippen molar-refractivity contribution in [3.8, 4) is 0 Å². The van der Waals surface area contributed by atoms with Crippen LogP contribution in [0.4, 0.5) is 0 Å². The SMILES string of the molecule is CCNC(=NCC1CCCCN1CC)NC1CC2CCC1O2. The van der Waals surface area contributed by atoms with Crippen LogP contribution < -0.4 is 10.6 Å². The van der Waals surface area contributed by atoms with E-state index in [0.717, 1.165) is 32.0 Å². The number of hydrogen-bond donors (Lipinski definition) is 2. The Labute approximate surface area is 134 Å². The first-order chi connectivity index (χ1) is 10.8. The van der Waals surface area contributed by atoms with Gasteiger partial charge in [-0.15, -0.1) is 0 Å². The molecule has 126 valence electrons. The first-order valence-electron chi connectivity index (χ1n) is 9.24. The maximum atomic E-state index is 5.94. The molecule has 3 aliphatic rings. The van der Waals surface area contributed by atoms with Gasteiger partial charge in [-0.2, -0.15) is 0 Å². The highest BCUT2D eigenvalue weighted by Crippen LogP contribution is 2.34. The van der Waals surface area contributed by atoms with Crippen molar-refractivity contribution in [1.29, 1.82) is 0 Å².